The van der Waals surface area contributed by atoms with E-state index in [-0.39, 0.29) is 11.6 Å². The Kier molecular flexibility index (Phi) is 5.62. The van der Waals surface area contributed by atoms with E-state index in [0.717, 1.165) is 12.8 Å². The number of carbonyl (C=O) groups excluding carboxylic acids is 2. The molecule has 0 fully saturated rings. The Morgan fingerprint density at radius 3 is 2.68 bits per heavy atom. The van der Waals surface area contributed by atoms with Crippen molar-refractivity contribution in [2.24, 2.45) is 5.73 Å². The van der Waals surface area contributed by atoms with Crippen LogP contribution in [0.4, 0.5) is 9.80 Å². The van der Waals surface area contributed by atoms with E-state index in [9.17, 15) is 9.59 Å². The van der Waals surface area contributed by atoms with Crippen LogP contribution in [-0.2, 0) is 0 Å². The van der Waals surface area contributed by atoms with E-state index < -0.39 is 5.91 Å². The van der Waals surface area contributed by atoms with Crippen molar-refractivity contribution in [3.05, 3.63) is 10.9 Å². The highest BCUT2D eigenvalue weighted by molar-refractivity contribution is 7.15. The summed E-state index contributed by atoms with van der Waals surface area (Å²) in [5, 5.41) is 4.72. The molecular formula is C12H19N3O3S. The minimum Gasteiger partial charge on any atom is -0.492 e. The molecule has 3 N–H and O–H groups in total. The number of anilines is 1. The van der Waals surface area contributed by atoms with Crippen LogP contribution in [-0.4, -0.2) is 37.5 Å². The Morgan fingerprint density at radius 2 is 2.16 bits per heavy atom. The predicted molar refractivity (Wildman–Crippen MR) is 75.9 cm³/mol. The van der Waals surface area contributed by atoms with Gasteiger partial charge in [-0.2, -0.15) is 0 Å². The Bertz CT molecular complexity index is 457. The number of unbranched alkanes of at least 4 members (excludes halogenated alkanes) is 1. The highest BCUT2D eigenvalue weighted by Gasteiger charge is 2.20. The second-order valence-corrected chi connectivity index (χ2v) is 5.07. The smallest absolute Gasteiger partial charge is 0.321 e. The topological polar surface area (TPSA) is 84.7 Å². The van der Waals surface area contributed by atoms with E-state index in [1.165, 1.54) is 16.2 Å². The lowest BCUT2D eigenvalue weighted by Gasteiger charge is -2.12. The first kappa shape index (κ1) is 15.3. The SMILES string of the molecule is CCCCOc1csc(NC(=O)N(C)C)c1C(N)=O. The van der Waals surface area contributed by atoms with E-state index in [0.29, 0.717) is 17.4 Å². The summed E-state index contributed by atoms with van der Waals surface area (Å²) in [7, 11) is 3.23. The van der Waals surface area contributed by atoms with Gasteiger partial charge in [0.05, 0.1) is 6.61 Å². The molecule has 0 aliphatic heterocycles. The number of hydrogen-bond acceptors (Lipinski definition) is 4. The first-order valence-corrected chi connectivity index (χ1v) is 6.87. The number of nitrogens with two attached hydrogens (primary N) is 1. The van der Waals surface area contributed by atoms with Crippen molar-refractivity contribution in [3.63, 3.8) is 0 Å². The number of urea groups is 1. The summed E-state index contributed by atoms with van der Waals surface area (Å²) in [6.45, 7) is 2.57. The van der Waals surface area contributed by atoms with Crippen molar-refractivity contribution in [2.75, 3.05) is 26.0 Å². The molecule has 0 aromatic carbocycles. The van der Waals surface area contributed by atoms with Crippen molar-refractivity contribution in [2.45, 2.75) is 19.8 Å². The molecule has 1 heterocycles. The summed E-state index contributed by atoms with van der Waals surface area (Å²) in [5.74, 6) is -0.179. The van der Waals surface area contributed by atoms with Crippen molar-refractivity contribution < 1.29 is 14.3 Å². The van der Waals surface area contributed by atoms with Gasteiger partial charge < -0.3 is 15.4 Å². The lowest BCUT2D eigenvalue weighted by molar-refractivity contribution is 0.0997. The number of primary amides is 1. The van der Waals surface area contributed by atoms with Crippen LogP contribution in [0.15, 0.2) is 5.38 Å². The van der Waals surface area contributed by atoms with Gasteiger partial charge in [0.1, 0.15) is 16.3 Å². The maximum absolute atomic E-state index is 11.6. The third-order valence-electron chi connectivity index (χ3n) is 2.39. The zero-order valence-corrected chi connectivity index (χ0v) is 12.2. The molecule has 0 aliphatic carbocycles. The fourth-order valence-corrected chi connectivity index (χ4v) is 2.19. The fraction of sp³-hybridized carbons (Fsp3) is 0.500. The van der Waals surface area contributed by atoms with Gasteiger partial charge in [-0.25, -0.2) is 4.79 Å². The molecule has 0 radical (unpaired) electrons. The fourth-order valence-electron chi connectivity index (χ4n) is 1.31. The third-order valence-corrected chi connectivity index (χ3v) is 3.26. The van der Waals surface area contributed by atoms with E-state index in [1.807, 2.05) is 0 Å². The molecule has 0 atom stereocenters. The number of carbonyl (C=O) groups is 2. The molecule has 6 nitrogen and oxygen atoms in total. The van der Waals surface area contributed by atoms with Crippen molar-refractivity contribution in [3.8, 4) is 5.75 Å². The zero-order valence-electron chi connectivity index (χ0n) is 11.4. The lowest BCUT2D eigenvalue weighted by Crippen LogP contribution is -2.28. The van der Waals surface area contributed by atoms with Gasteiger partial charge in [-0.05, 0) is 6.42 Å². The quantitative estimate of drug-likeness (QED) is 0.785. The van der Waals surface area contributed by atoms with Crippen molar-refractivity contribution >= 4 is 28.3 Å². The number of nitrogens with one attached hydrogen (secondary N) is 1. The predicted octanol–water partition coefficient (Wildman–Crippen LogP) is 2.12. The number of rotatable bonds is 6. The van der Waals surface area contributed by atoms with Crippen LogP contribution < -0.4 is 15.8 Å². The number of ether oxygens (including phenoxy) is 1. The number of thiophene rings is 1. The van der Waals surface area contributed by atoms with Crippen LogP contribution in [0.2, 0.25) is 0 Å². The average Bonchev–Trinajstić information content (AvgIpc) is 2.72. The van der Waals surface area contributed by atoms with Gasteiger partial charge in [-0.3, -0.25) is 10.1 Å². The summed E-state index contributed by atoms with van der Waals surface area (Å²) in [6.07, 6.45) is 1.90. The van der Waals surface area contributed by atoms with Crippen LogP contribution in [0.3, 0.4) is 0 Å². The second-order valence-electron chi connectivity index (χ2n) is 4.19. The minimum absolute atomic E-state index is 0.233. The minimum atomic E-state index is -0.609. The third kappa shape index (κ3) is 4.13. The average molecular weight is 285 g/mol. The van der Waals surface area contributed by atoms with Gasteiger partial charge >= 0.3 is 6.03 Å². The van der Waals surface area contributed by atoms with E-state index in [4.69, 9.17) is 10.5 Å². The molecule has 0 spiro atoms. The van der Waals surface area contributed by atoms with E-state index in [1.54, 1.807) is 19.5 Å². The lowest BCUT2D eigenvalue weighted by atomic mass is 10.3. The maximum Gasteiger partial charge on any atom is 0.321 e. The van der Waals surface area contributed by atoms with Gasteiger partial charge in [-0.15, -0.1) is 11.3 Å². The van der Waals surface area contributed by atoms with Crippen molar-refractivity contribution in [1.29, 1.82) is 0 Å². The summed E-state index contributed by atoms with van der Waals surface area (Å²) in [6, 6.07) is -0.315. The Hall–Kier alpha value is -1.76. The Morgan fingerprint density at radius 1 is 1.47 bits per heavy atom. The molecule has 1 aromatic rings. The molecule has 0 saturated carbocycles. The molecule has 0 unspecified atom stereocenters. The first-order chi connectivity index (χ1) is 8.97. The normalized spacial score (nSPS) is 10.1. The summed E-state index contributed by atoms with van der Waals surface area (Å²) >= 11 is 1.22. The zero-order chi connectivity index (χ0) is 14.4. The second kappa shape index (κ2) is 6.98. The molecule has 1 aromatic heterocycles. The van der Waals surface area contributed by atoms with Crippen LogP contribution >= 0.6 is 11.3 Å². The molecule has 3 amide bonds. The molecule has 7 heteroatoms. The van der Waals surface area contributed by atoms with Crippen LogP contribution in [0.5, 0.6) is 5.75 Å². The highest BCUT2D eigenvalue weighted by Crippen LogP contribution is 2.34. The van der Waals surface area contributed by atoms with E-state index in [2.05, 4.69) is 12.2 Å². The molecule has 0 saturated heterocycles. The van der Waals surface area contributed by atoms with Crippen molar-refractivity contribution in [1.82, 2.24) is 4.90 Å². The number of hydrogen-bond donors (Lipinski definition) is 2. The highest BCUT2D eigenvalue weighted by atomic mass is 32.1. The largest absolute Gasteiger partial charge is 0.492 e. The standard InChI is InChI=1S/C12H19N3O3S/c1-4-5-6-18-8-7-19-11(9(8)10(13)16)14-12(17)15(2)3/h7H,4-6H2,1-3H3,(H2,13,16)(H,14,17). The molecule has 0 aliphatic rings. The van der Waals surface area contributed by atoms with Gasteiger partial charge in [0.15, 0.2) is 0 Å². The summed E-state index contributed by atoms with van der Waals surface area (Å²) in [5.41, 5.74) is 5.57. The van der Waals surface area contributed by atoms with Crippen LogP contribution in [0.1, 0.15) is 30.1 Å². The molecule has 19 heavy (non-hydrogen) atoms. The first-order valence-electron chi connectivity index (χ1n) is 5.99. The molecule has 106 valence electrons. The molecular weight excluding hydrogens is 266 g/mol. The summed E-state index contributed by atoms with van der Waals surface area (Å²) in [4.78, 5) is 24.4. The van der Waals surface area contributed by atoms with Gasteiger partial charge in [-0.1, -0.05) is 13.3 Å². The van der Waals surface area contributed by atoms with Gasteiger partial charge in [0, 0.05) is 19.5 Å². The number of nitrogens with zero attached hydrogens (tertiary/aromatic N) is 1. The van der Waals surface area contributed by atoms with Crippen LogP contribution in [0, 0.1) is 0 Å². The Balaban J connectivity index is 2.87. The van der Waals surface area contributed by atoms with Gasteiger partial charge in [0.2, 0.25) is 0 Å². The number of amides is 3. The summed E-state index contributed by atoms with van der Waals surface area (Å²) < 4.78 is 5.51. The Labute approximate surface area is 116 Å². The monoisotopic (exact) mass is 285 g/mol. The van der Waals surface area contributed by atoms with Gasteiger partial charge in [0.25, 0.3) is 5.91 Å². The molecule has 0 bridgehead atoms. The van der Waals surface area contributed by atoms with Crippen LogP contribution in [0.25, 0.3) is 0 Å². The molecule has 1 rings (SSSR count). The van der Waals surface area contributed by atoms with E-state index >= 15 is 0 Å². The maximum atomic E-state index is 11.6.